The highest BCUT2D eigenvalue weighted by Gasteiger charge is 2.54. The molecule has 3 saturated heterocycles. The molecular formula is C86H153NO18. The minimum Gasteiger partial charge on any atom is -0.394 e. The van der Waals surface area contributed by atoms with Gasteiger partial charge in [-0.05, 0) is 77.0 Å². The monoisotopic (exact) mass is 1490 g/mol. The summed E-state index contributed by atoms with van der Waals surface area (Å²) in [6.07, 6.45) is 61.5. The van der Waals surface area contributed by atoms with Crippen LogP contribution in [0, 0.1) is 0 Å². The van der Waals surface area contributed by atoms with Crippen LogP contribution in [0.2, 0.25) is 0 Å². The minimum atomic E-state index is -1.98. The van der Waals surface area contributed by atoms with Crippen molar-refractivity contribution in [1.29, 1.82) is 0 Å². The SMILES string of the molecule is CC/C=C\C/C=C\C/C=C\C/C=C\C/C=C\CCCCCCCCCCCCCCCCCCCCCC(=O)NC(COC1OC(CO)C(OC2OC(CO)C(OC3OC(CO)C(O)C(O)C3O)C(O)C2O)C(O)C1O)C(O)/C=C/CC/C=C/CCCCCCCCCCCCCCCCCCCCC. The third-order valence-electron chi connectivity index (χ3n) is 20.7. The van der Waals surface area contributed by atoms with Gasteiger partial charge >= 0.3 is 0 Å². The second-order valence-electron chi connectivity index (χ2n) is 29.9. The van der Waals surface area contributed by atoms with Crippen molar-refractivity contribution in [2.45, 2.75) is 426 Å². The molecule has 3 aliphatic heterocycles. The Labute approximate surface area is 635 Å². The van der Waals surface area contributed by atoms with E-state index in [4.69, 9.17) is 28.4 Å². The molecule has 0 bridgehead atoms. The zero-order chi connectivity index (χ0) is 76.0. The summed E-state index contributed by atoms with van der Waals surface area (Å²) in [4.78, 5) is 13.5. The van der Waals surface area contributed by atoms with Crippen molar-refractivity contribution in [2.24, 2.45) is 0 Å². The van der Waals surface area contributed by atoms with Crippen LogP contribution in [0.3, 0.4) is 0 Å². The molecule has 0 spiro atoms. The highest BCUT2D eigenvalue weighted by Crippen LogP contribution is 2.33. The van der Waals surface area contributed by atoms with Gasteiger partial charge in [-0.1, -0.05) is 324 Å². The number of carbonyl (C=O) groups excluding carboxylic acids is 1. The summed E-state index contributed by atoms with van der Waals surface area (Å²) in [6, 6.07) is -0.994. The standard InChI is InChI=1S/C86H153NO18/c1-3-5-7-9-11-13-15-17-19-21-23-25-27-29-30-31-32-33-34-35-36-37-38-40-42-44-46-48-50-52-54-56-58-60-62-64-74(92)87-69(70(91)63-61-59-57-55-53-51-49-47-45-43-41-39-28-26-24-22-20-18-16-14-12-10-8-6-4-2)68-100-84-80(98)77(95)82(72(66-89)102-84)105-86-81(99)78(96)83(73(67-90)103-86)104-85-79(97)76(94)75(93)71(65-88)101-85/h5,7,11,13,17,19,23,25,29-30,53,55,61,63,69-73,75-86,88-91,93-99H,3-4,6,8-10,12,14-16,18,20-22,24,26-28,31-52,54,56-60,62,64-68H2,1-2H3,(H,87,92)/b7-5-,13-11-,19-17-,25-23-,30-29-,55-53+,63-61+. The third kappa shape index (κ3) is 45.2. The predicted octanol–water partition coefficient (Wildman–Crippen LogP) is 15.0. The Kier molecular flexibility index (Phi) is 60.1. The summed E-state index contributed by atoms with van der Waals surface area (Å²) in [5.74, 6) is -0.282. The fourth-order valence-corrected chi connectivity index (χ4v) is 13.9. The van der Waals surface area contributed by atoms with Crippen molar-refractivity contribution in [2.75, 3.05) is 26.4 Å². The Morgan fingerprint density at radius 2 is 0.667 bits per heavy atom. The van der Waals surface area contributed by atoms with Crippen LogP contribution in [0.15, 0.2) is 85.1 Å². The topological polar surface area (TPSA) is 307 Å². The maximum Gasteiger partial charge on any atom is 0.220 e. The minimum absolute atomic E-state index is 0.235. The molecule has 0 aliphatic carbocycles. The number of hydrogen-bond acceptors (Lipinski definition) is 18. The lowest BCUT2D eigenvalue weighted by molar-refractivity contribution is -0.379. The molecule has 3 fully saturated rings. The van der Waals surface area contributed by atoms with E-state index in [-0.39, 0.29) is 18.9 Å². The molecule has 17 atom stereocenters. The molecule has 0 aromatic heterocycles. The van der Waals surface area contributed by atoms with Crippen LogP contribution in [-0.2, 0) is 33.2 Å². The molecule has 19 nitrogen and oxygen atoms in total. The average Bonchev–Trinajstić information content (AvgIpc) is 0.781. The number of hydrogen-bond donors (Lipinski definition) is 12. The van der Waals surface area contributed by atoms with Gasteiger partial charge < -0.3 is 89.9 Å². The smallest absolute Gasteiger partial charge is 0.220 e. The Hall–Kier alpha value is -3.03. The number of allylic oxidation sites excluding steroid dienone is 13. The summed E-state index contributed by atoms with van der Waals surface area (Å²) in [6.45, 7) is 1.64. The number of ether oxygens (including phenoxy) is 6. The van der Waals surface area contributed by atoms with Gasteiger partial charge in [0.1, 0.15) is 73.2 Å². The lowest BCUT2D eigenvalue weighted by Gasteiger charge is -2.48. The fourth-order valence-electron chi connectivity index (χ4n) is 13.9. The van der Waals surface area contributed by atoms with E-state index in [1.54, 1.807) is 6.08 Å². The Balaban J connectivity index is 1.35. The molecule has 0 aromatic carbocycles. The Bertz CT molecular complexity index is 2230. The molecule has 105 heavy (non-hydrogen) atoms. The van der Waals surface area contributed by atoms with E-state index in [0.717, 1.165) is 70.6 Å². The Morgan fingerprint density at radius 1 is 0.352 bits per heavy atom. The molecule has 610 valence electrons. The van der Waals surface area contributed by atoms with Crippen molar-refractivity contribution in [3.63, 3.8) is 0 Å². The average molecular weight is 1490 g/mol. The van der Waals surface area contributed by atoms with Gasteiger partial charge in [-0.3, -0.25) is 4.79 Å². The van der Waals surface area contributed by atoms with Gasteiger partial charge in [-0.2, -0.15) is 0 Å². The summed E-state index contributed by atoms with van der Waals surface area (Å²) in [5.41, 5.74) is 0. The van der Waals surface area contributed by atoms with E-state index in [1.165, 1.54) is 218 Å². The maximum atomic E-state index is 13.5. The van der Waals surface area contributed by atoms with Crippen molar-refractivity contribution in [1.82, 2.24) is 5.32 Å². The number of unbranched alkanes of at least 4 members (excludes halogenated alkanes) is 39. The summed E-state index contributed by atoms with van der Waals surface area (Å²) in [5, 5.41) is 121. The third-order valence-corrected chi connectivity index (χ3v) is 20.7. The first-order chi connectivity index (χ1) is 51.3. The number of carbonyl (C=O) groups is 1. The lowest BCUT2D eigenvalue weighted by Crippen LogP contribution is -2.66. The van der Waals surface area contributed by atoms with Gasteiger partial charge in [-0.25, -0.2) is 0 Å². The highest BCUT2D eigenvalue weighted by molar-refractivity contribution is 5.76. The molecule has 0 saturated carbocycles. The molecule has 12 N–H and O–H groups in total. The fraction of sp³-hybridized carbons (Fsp3) is 0.826. The van der Waals surface area contributed by atoms with Gasteiger partial charge in [0.15, 0.2) is 18.9 Å². The van der Waals surface area contributed by atoms with Crippen LogP contribution in [0.4, 0.5) is 0 Å². The number of rotatable bonds is 67. The van der Waals surface area contributed by atoms with Gasteiger partial charge in [0.05, 0.1) is 38.6 Å². The van der Waals surface area contributed by atoms with E-state index in [0.29, 0.717) is 12.8 Å². The summed E-state index contributed by atoms with van der Waals surface area (Å²) < 4.78 is 34.5. The van der Waals surface area contributed by atoms with Gasteiger partial charge in [-0.15, -0.1) is 0 Å². The molecule has 0 radical (unpaired) electrons. The van der Waals surface area contributed by atoms with Crippen molar-refractivity contribution in [3.8, 4) is 0 Å². The van der Waals surface area contributed by atoms with E-state index < -0.39 is 124 Å². The van der Waals surface area contributed by atoms with Crippen molar-refractivity contribution < 1.29 is 89.4 Å². The van der Waals surface area contributed by atoms with Crippen LogP contribution >= 0.6 is 0 Å². The van der Waals surface area contributed by atoms with Gasteiger partial charge in [0.25, 0.3) is 0 Å². The Morgan fingerprint density at radius 3 is 1.07 bits per heavy atom. The highest BCUT2D eigenvalue weighted by atomic mass is 16.8. The number of amides is 1. The van der Waals surface area contributed by atoms with Gasteiger partial charge in [0, 0.05) is 6.42 Å². The first-order valence-electron chi connectivity index (χ1n) is 42.3. The zero-order valence-electron chi connectivity index (χ0n) is 65.4. The lowest BCUT2D eigenvalue weighted by atomic mass is 9.96. The maximum absolute atomic E-state index is 13.5. The second kappa shape index (κ2) is 65.7. The van der Waals surface area contributed by atoms with Gasteiger partial charge in [0.2, 0.25) is 5.91 Å². The predicted molar refractivity (Wildman–Crippen MR) is 420 cm³/mol. The van der Waals surface area contributed by atoms with Crippen molar-refractivity contribution >= 4 is 5.91 Å². The molecule has 3 heterocycles. The molecular weight excluding hydrogens is 1330 g/mol. The molecule has 0 aromatic rings. The first-order valence-corrected chi connectivity index (χ1v) is 42.3. The van der Waals surface area contributed by atoms with E-state index in [9.17, 15) is 61.0 Å². The first kappa shape index (κ1) is 96.2. The van der Waals surface area contributed by atoms with E-state index in [2.05, 4.69) is 92.1 Å². The summed E-state index contributed by atoms with van der Waals surface area (Å²) >= 11 is 0. The largest absolute Gasteiger partial charge is 0.394 e. The number of aliphatic hydroxyl groups excluding tert-OH is 11. The quantitative estimate of drug-likeness (QED) is 0.0199. The zero-order valence-corrected chi connectivity index (χ0v) is 65.4. The summed E-state index contributed by atoms with van der Waals surface area (Å²) in [7, 11) is 0. The number of aliphatic hydroxyl groups is 11. The molecule has 19 heteroatoms. The molecule has 17 unspecified atom stereocenters. The van der Waals surface area contributed by atoms with Crippen LogP contribution in [0.25, 0.3) is 0 Å². The van der Waals surface area contributed by atoms with E-state index in [1.807, 2.05) is 6.08 Å². The van der Waals surface area contributed by atoms with Crippen molar-refractivity contribution in [3.05, 3.63) is 85.1 Å². The second-order valence-corrected chi connectivity index (χ2v) is 29.9. The molecule has 1 amide bonds. The molecule has 3 rings (SSSR count). The normalized spacial score (nSPS) is 26.2. The van der Waals surface area contributed by atoms with Crippen LogP contribution in [0.1, 0.15) is 322 Å². The van der Waals surface area contributed by atoms with Crippen LogP contribution in [-0.4, -0.2) is 193 Å². The van der Waals surface area contributed by atoms with Crippen LogP contribution in [0.5, 0.6) is 0 Å². The molecule has 3 aliphatic rings. The van der Waals surface area contributed by atoms with E-state index >= 15 is 0 Å². The van der Waals surface area contributed by atoms with Crippen LogP contribution < -0.4 is 5.32 Å². The number of nitrogens with one attached hydrogen (secondary N) is 1.